The fraction of sp³-hybridized carbons (Fsp3) is 0.714. The molecule has 23 heavy (non-hydrogen) atoms. The van der Waals surface area contributed by atoms with Crippen molar-refractivity contribution in [2.45, 2.75) is 25.1 Å². The third-order valence-electron chi connectivity index (χ3n) is 3.58. The van der Waals surface area contributed by atoms with Crippen LogP contribution in [-0.4, -0.2) is 67.3 Å². The number of hydrogen-bond donors (Lipinski definition) is 1. The van der Waals surface area contributed by atoms with Crippen LogP contribution in [-0.2, 0) is 4.74 Å². The van der Waals surface area contributed by atoms with E-state index in [9.17, 15) is 13.2 Å². The maximum atomic E-state index is 12.0. The molecule has 1 aliphatic rings. The molecule has 2 heterocycles. The van der Waals surface area contributed by atoms with E-state index in [2.05, 4.69) is 25.2 Å². The standard InChI is InChI=1S/C14H21F3N4O2/c1-22-9-8-21-6-4-11(5-7-21)18-12-2-3-13(20-19-12)23-10-14(15,16)17/h2-3,11H,4-10H2,1H3,(H,18,19). The third-order valence-corrected chi connectivity index (χ3v) is 3.58. The normalized spacial score (nSPS) is 17.2. The number of ether oxygens (including phenoxy) is 2. The number of halogens is 3. The van der Waals surface area contributed by atoms with Crippen LogP contribution in [0.2, 0.25) is 0 Å². The van der Waals surface area contributed by atoms with Crippen molar-refractivity contribution < 1.29 is 22.6 Å². The Morgan fingerprint density at radius 3 is 2.57 bits per heavy atom. The summed E-state index contributed by atoms with van der Waals surface area (Å²) in [6.45, 7) is 2.23. The molecule has 0 radical (unpaired) electrons. The quantitative estimate of drug-likeness (QED) is 0.822. The van der Waals surface area contributed by atoms with Crippen LogP contribution in [0.3, 0.4) is 0 Å². The SMILES string of the molecule is COCCN1CCC(Nc2ccc(OCC(F)(F)F)nn2)CC1. The highest BCUT2D eigenvalue weighted by Gasteiger charge is 2.28. The Kier molecular flexibility index (Phi) is 6.40. The number of methoxy groups -OCH3 is 1. The molecule has 0 saturated carbocycles. The first-order valence-corrected chi connectivity index (χ1v) is 7.47. The van der Waals surface area contributed by atoms with Gasteiger partial charge in [-0.25, -0.2) is 0 Å². The molecule has 2 rings (SSSR count). The zero-order chi connectivity index (χ0) is 16.7. The number of likely N-dealkylation sites (tertiary alicyclic amines) is 1. The van der Waals surface area contributed by atoms with E-state index in [-0.39, 0.29) is 11.9 Å². The van der Waals surface area contributed by atoms with Crippen LogP contribution in [0, 0.1) is 0 Å². The molecular weight excluding hydrogens is 313 g/mol. The summed E-state index contributed by atoms with van der Waals surface area (Å²) in [5.41, 5.74) is 0. The molecule has 0 amide bonds. The molecule has 1 saturated heterocycles. The van der Waals surface area contributed by atoms with Gasteiger partial charge in [-0.15, -0.1) is 10.2 Å². The van der Waals surface area contributed by atoms with Crippen LogP contribution in [0.1, 0.15) is 12.8 Å². The van der Waals surface area contributed by atoms with Crippen LogP contribution in [0.25, 0.3) is 0 Å². The first-order valence-electron chi connectivity index (χ1n) is 7.47. The molecule has 0 aliphatic carbocycles. The minimum absolute atomic E-state index is 0.137. The summed E-state index contributed by atoms with van der Waals surface area (Å²) in [7, 11) is 1.69. The van der Waals surface area contributed by atoms with Gasteiger partial charge >= 0.3 is 6.18 Å². The van der Waals surface area contributed by atoms with Gasteiger partial charge in [-0.2, -0.15) is 13.2 Å². The second kappa shape index (κ2) is 8.30. The van der Waals surface area contributed by atoms with Crippen molar-refractivity contribution in [2.24, 2.45) is 0 Å². The summed E-state index contributed by atoms with van der Waals surface area (Å²) in [5.74, 6) is 0.405. The number of piperidine rings is 1. The molecule has 1 aromatic rings. The van der Waals surface area contributed by atoms with Gasteiger partial charge in [-0.05, 0) is 18.9 Å². The van der Waals surface area contributed by atoms with Gasteiger partial charge in [0.1, 0.15) is 5.82 Å². The zero-order valence-electron chi connectivity index (χ0n) is 13.0. The van der Waals surface area contributed by atoms with E-state index in [1.54, 1.807) is 13.2 Å². The number of anilines is 1. The highest BCUT2D eigenvalue weighted by atomic mass is 19.4. The Hall–Kier alpha value is -1.61. The Morgan fingerprint density at radius 2 is 2.00 bits per heavy atom. The van der Waals surface area contributed by atoms with Gasteiger partial charge in [0, 0.05) is 38.9 Å². The van der Waals surface area contributed by atoms with Gasteiger partial charge in [0.25, 0.3) is 0 Å². The summed E-state index contributed by atoms with van der Waals surface area (Å²) in [6.07, 6.45) is -2.44. The Morgan fingerprint density at radius 1 is 1.26 bits per heavy atom. The number of hydrogen-bond acceptors (Lipinski definition) is 6. The molecule has 0 aromatic carbocycles. The topological polar surface area (TPSA) is 59.5 Å². The summed E-state index contributed by atoms with van der Waals surface area (Å²) in [6, 6.07) is 3.25. The van der Waals surface area contributed by atoms with E-state index in [0.717, 1.165) is 39.1 Å². The largest absolute Gasteiger partial charge is 0.467 e. The second-order valence-corrected chi connectivity index (χ2v) is 5.41. The molecule has 0 spiro atoms. The molecule has 1 aliphatic heterocycles. The molecule has 1 N–H and O–H groups in total. The van der Waals surface area contributed by atoms with Crippen LogP contribution < -0.4 is 10.1 Å². The molecule has 9 heteroatoms. The van der Waals surface area contributed by atoms with Gasteiger partial charge in [0.2, 0.25) is 5.88 Å². The van der Waals surface area contributed by atoms with Crippen molar-refractivity contribution in [1.29, 1.82) is 0 Å². The first-order chi connectivity index (χ1) is 11.0. The number of nitrogens with zero attached hydrogens (tertiary/aromatic N) is 3. The van der Waals surface area contributed by atoms with E-state index in [1.807, 2.05) is 0 Å². The average Bonchev–Trinajstić information content (AvgIpc) is 2.53. The molecule has 6 nitrogen and oxygen atoms in total. The monoisotopic (exact) mass is 334 g/mol. The Bertz CT molecular complexity index is 462. The lowest BCUT2D eigenvalue weighted by Crippen LogP contribution is -2.40. The maximum absolute atomic E-state index is 12.0. The summed E-state index contributed by atoms with van der Waals surface area (Å²) in [4.78, 5) is 2.33. The predicted octanol–water partition coefficient (Wildman–Crippen LogP) is 1.94. The van der Waals surface area contributed by atoms with Crippen molar-refractivity contribution in [3.05, 3.63) is 12.1 Å². The van der Waals surface area contributed by atoms with E-state index in [4.69, 9.17) is 4.74 Å². The lowest BCUT2D eigenvalue weighted by molar-refractivity contribution is -0.154. The summed E-state index contributed by atoms with van der Waals surface area (Å²) >= 11 is 0. The van der Waals surface area contributed by atoms with Gasteiger partial charge in [-0.3, -0.25) is 0 Å². The minimum atomic E-state index is -4.38. The van der Waals surface area contributed by atoms with Crippen molar-refractivity contribution >= 4 is 5.82 Å². The number of nitrogens with one attached hydrogen (secondary N) is 1. The molecule has 0 atom stereocenters. The van der Waals surface area contributed by atoms with Crippen molar-refractivity contribution in [3.8, 4) is 5.88 Å². The summed E-state index contributed by atoms with van der Waals surface area (Å²) < 4.78 is 45.7. The first kappa shape index (κ1) is 17.7. The molecule has 0 unspecified atom stereocenters. The Balaban J connectivity index is 1.74. The molecule has 1 aromatic heterocycles. The van der Waals surface area contributed by atoms with E-state index in [1.165, 1.54) is 6.07 Å². The van der Waals surface area contributed by atoms with Crippen LogP contribution in [0.15, 0.2) is 12.1 Å². The minimum Gasteiger partial charge on any atom is -0.467 e. The highest BCUT2D eigenvalue weighted by molar-refractivity contribution is 5.35. The van der Waals surface area contributed by atoms with Crippen molar-refractivity contribution in [3.63, 3.8) is 0 Å². The van der Waals surface area contributed by atoms with Crippen molar-refractivity contribution in [2.75, 3.05) is 45.3 Å². The molecule has 1 fully saturated rings. The van der Waals surface area contributed by atoms with Gasteiger partial charge in [0.15, 0.2) is 6.61 Å². The van der Waals surface area contributed by atoms with Crippen LogP contribution in [0.4, 0.5) is 19.0 Å². The number of aromatic nitrogens is 2. The molecule has 0 bridgehead atoms. The van der Waals surface area contributed by atoms with Crippen LogP contribution >= 0.6 is 0 Å². The fourth-order valence-electron chi connectivity index (χ4n) is 2.36. The van der Waals surface area contributed by atoms with E-state index < -0.39 is 12.8 Å². The van der Waals surface area contributed by atoms with Gasteiger partial charge < -0.3 is 19.7 Å². The lowest BCUT2D eigenvalue weighted by atomic mass is 10.1. The fourth-order valence-corrected chi connectivity index (χ4v) is 2.36. The van der Waals surface area contributed by atoms with Crippen molar-refractivity contribution in [1.82, 2.24) is 15.1 Å². The maximum Gasteiger partial charge on any atom is 0.422 e. The third kappa shape index (κ3) is 6.57. The second-order valence-electron chi connectivity index (χ2n) is 5.41. The van der Waals surface area contributed by atoms with Crippen LogP contribution in [0.5, 0.6) is 5.88 Å². The molecular formula is C14H21F3N4O2. The lowest BCUT2D eigenvalue weighted by Gasteiger charge is -2.32. The van der Waals surface area contributed by atoms with E-state index in [0.29, 0.717) is 5.82 Å². The molecule has 130 valence electrons. The smallest absolute Gasteiger partial charge is 0.422 e. The summed E-state index contributed by atoms with van der Waals surface area (Å²) in [5, 5.41) is 10.7. The predicted molar refractivity (Wildman–Crippen MR) is 78.5 cm³/mol. The van der Waals surface area contributed by atoms with Gasteiger partial charge in [-0.1, -0.05) is 0 Å². The average molecular weight is 334 g/mol. The Labute approximate surface area is 133 Å². The zero-order valence-corrected chi connectivity index (χ0v) is 13.0. The van der Waals surface area contributed by atoms with E-state index >= 15 is 0 Å². The van der Waals surface area contributed by atoms with Gasteiger partial charge in [0.05, 0.1) is 6.61 Å². The number of rotatable bonds is 7. The highest BCUT2D eigenvalue weighted by Crippen LogP contribution is 2.18. The number of alkyl halides is 3.